The van der Waals surface area contributed by atoms with Crippen LogP contribution in [0.25, 0.3) is 0 Å². The third-order valence-electron chi connectivity index (χ3n) is 1.85. The number of ether oxygens (including phenoxy) is 1. The monoisotopic (exact) mass is 244 g/mol. The molecule has 0 amide bonds. The van der Waals surface area contributed by atoms with Gasteiger partial charge >= 0.3 is 0 Å². The van der Waals surface area contributed by atoms with E-state index in [9.17, 15) is 5.11 Å². The maximum absolute atomic E-state index is 9.65. The van der Waals surface area contributed by atoms with E-state index in [1.165, 1.54) is 0 Å². The fraction of sp³-hybridized carbons (Fsp3) is 0.400. The molecule has 72 valence electrons. The molecule has 0 aliphatic rings. The zero-order valence-corrected chi connectivity index (χ0v) is 9.12. The lowest BCUT2D eigenvalue weighted by Gasteiger charge is -2.09. The van der Waals surface area contributed by atoms with Crippen LogP contribution in [0.1, 0.15) is 18.1 Å². The maximum atomic E-state index is 9.65. The molecular formula is C10H13BrO2. The van der Waals surface area contributed by atoms with Gasteiger partial charge in [0.2, 0.25) is 0 Å². The molecule has 1 atom stereocenters. The van der Waals surface area contributed by atoms with Crippen LogP contribution < -0.4 is 0 Å². The molecule has 0 bridgehead atoms. The Labute approximate surface area is 86.7 Å². The first-order chi connectivity index (χ1) is 6.24. The van der Waals surface area contributed by atoms with Gasteiger partial charge in [0.1, 0.15) is 0 Å². The van der Waals surface area contributed by atoms with Gasteiger partial charge in [-0.1, -0.05) is 28.1 Å². The van der Waals surface area contributed by atoms with E-state index in [2.05, 4.69) is 15.9 Å². The summed E-state index contributed by atoms with van der Waals surface area (Å²) in [6.07, 6.45) is 0.214. The molecule has 0 spiro atoms. The summed E-state index contributed by atoms with van der Waals surface area (Å²) in [4.78, 5) is 0. The Morgan fingerprint density at radius 1 is 1.38 bits per heavy atom. The Hall–Kier alpha value is -0.380. The van der Waals surface area contributed by atoms with Gasteiger partial charge in [0.15, 0.2) is 0 Å². The highest BCUT2D eigenvalue weighted by atomic mass is 79.9. The molecule has 0 fully saturated rings. The predicted octanol–water partition coefficient (Wildman–Crippen LogP) is 2.52. The third kappa shape index (κ3) is 3.46. The first kappa shape index (κ1) is 10.7. The van der Waals surface area contributed by atoms with E-state index in [1.807, 2.05) is 24.3 Å². The van der Waals surface area contributed by atoms with Gasteiger partial charge in [-0.2, -0.15) is 0 Å². The van der Waals surface area contributed by atoms with Crippen molar-refractivity contribution in [2.24, 2.45) is 0 Å². The van der Waals surface area contributed by atoms with Crippen LogP contribution >= 0.6 is 15.9 Å². The van der Waals surface area contributed by atoms with Gasteiger partial charge in [-0.25, -0.2) is 0 Å². The van der Waals surface area contributed by atoms with Crippen molar-refractivity contribution in [3.05, 3.63) is 34.3 Å². The van der Waals surface area contributed by atoms with Crippen LogP contribution in [-0.4, -0.2) is 18.8 Å². The lowest BCUT2D eigenvalue weighted by atomic mass is 10.1. The smallest absolute Gasteiger partial charge is 0.0812 e. The Morgan fingerprint density at radius 3 is 2.54 bits per heavy atom. The van der Waals surface area contributed by atoms with Gasteiger partial charge in [0, 0.05) is 24.6 Å². The van der Waals surface area contributed by atoms with Crippen LogP contribution in [0.5, 0.6) is 0 Å². The second-order valence-electron chi connectivity index (χ2n) is 2.85. The molecule has 1 aromatic rings. The lowest BCUT2D eigenvalue weighted by Crippen LogP contribution is -2.01. The van der Waals surface area contributed by atoms with E-state index in [1.54, 1.807) is 7.11 Å². The fourth-order valence-electron chi connectivity index (χ4n) is 1.08. The molecule has 1 rings (SSSR count). The molecule has 0 heterocycles. The number of hydrogen-bond acceptors (Lipinski definition) is 2. The van der Waals surface area contributed by atoms with Crippen LogP contribution in [-0.2, 0) is 4.74 Å². The average molecular weight is 245 g/mol. The molecule has 0 radical (unpaired) electrons. The van der Waals surface area contributed by atoms with Crippen LogP contribution in [0.3, 0.4) is 0 Å². The van der Waals surface area contributed by atoms with Gasteiger partial charge in [-0.3, -0.25) is 0 Å². The molecule has 0 aliphatic heterocycles. The number of rotatable bonds is 4. The molecule has 3 heteroatoms. The van der Waals surface area contributed by atoms with Crippen molar-refractivity contribution in [2.45, 2.75) is 12.5 Å². The molecule has 2 nitrogen and oxygen atoms in total. The summed E-state index contributed by atoms with van der Waals surface area (Å²) < 4.78 is 5.91. The van der Waals surface area contributed by atoms with Crippen molar-refractivity contribution < 1.29 is 9.84 Å². The predicted molar refractivity (Wildman–Crippen MR) is 55.6 cm³/mol. The highest BCUT2D eigenvalue weighted by Gasteiger charge is 2.05. The third-order valence-corrected chi connectivity index (χ3v) is 2.38. The first-order valence-electron chi connectivity index (χ1n) is 4.16. The van der Waals surface area contributed by atoms with Crippen molar-refractivity contribution in [2.75, 3.05) is 13.7 Å². The largest absolute Gasteiger partial charge is 0.388 e. The number of methoxy groups -OCH3 is 1. The molecule has 0 saturated carbocycles. The summed E-state index contributed by atoms with van der Waals surface area (Å²) >= 11 is 3.34. The van der Waals surface area contributed by atoms with Gasteiger partial charge in [-0.15, -0.1) is 0 Å². The maximum Gasteiger partial charge on any atom is 0.0812 e. The molecule has 0 aromatic heterocycles. The number of benzene rings is 1. The van der Waals surface area contributed by atoms with Gasteiger partial charge in [0.25, 0.3) is 0 Å². The summed E-state index contributed by atoms with van der Waals surface area (Å²) in [5.74, 6) is 0. The minimum Gasteiger partial charge on any atom is -0.388 e. The summed E-state index contributed by atoms with van der Waals surface area (Å²) in [5, 5.41) is 9.65. The zero-order chi connectivity index (χ0) is 9.68. The van der Waals surface area contributed by atoms with Gasteiger partial charge in [0.05, 0.1) is 6.10 Å². The van der Waals surface area contributed by atoms with Crippen molar-refractivity contribution in [3.63, 3.8) is 0 Å². The van der Waals surface area contributed by atoms with E-state index in [0.29, 0.717) is 13.0 Å². The molecule has 0 aliphatic carbocycles. The highest BCUT2D eigenvalue weighted by molar-refractivity contribution is 9.10. The van der Waals surface area contributed by atoms with Gasteiger partial charge in [-0.05, 0) is 17.7 Å². The second kappa shape index (κ2) is 5.37. The normalized spacial score (nSPS) is 12.8. The van der Waals surface area contributed by atoms with Gasteiger partial charge < -0.3 is 9.84 Å². The topological polar surface area (TPSA) is 29.5 Å². The summed E-state index contributed by atoms with van der Waals surface area (Å²) in [6, 6.07) is 7.66. The first-order valence-corrected chi connectivity index (χ1v) is 4.96. The fourth-order valence-corrected chi connectivity index (χ4v) is 1.35. The number of hydrogen-bond donors (Lipinski definition) is 1. The Kier molecular flexibility index (Phi) is 4.42. The second-order valence-corrected chi connectivity index (χ2v) is 3.76. The van der Waals surface area contributed by atoms with Crippen molar-refractivity contribution >= 4 is 15.9 Å². The lowest BCUT2D eigenvalue weighted by molar-refractivity contribution is 0.110. The Balaban J connectivity index is 2.55. The summed E-state index contributed by atoms with van der Waals surface area (Å²) in [7, 11) is 1.63. The molecule has 0 saturated heterocycles. The summed E-state index contributed by atoms with van der Waals surface area (Å²) in [5.41, 5.74) is 0.931. The van der Waals surface area contributed by atoms with Crippen LogP contribution in [0.4, 0.5) is 0 Å². The van der Waals surface area contributed by atoms with E-state index in [-0.39, 0.29) is 0 Å². The molecular weight excluding hydrogens is 232 g/mol. The van der Waals surface area contributed by atoms with Crippen molar-refractivity contribution in [3.8, 4) is 0 Å². The van der Waals surface area contributed by atoms with Crippen LogP contribution in [0, 0.1) is 0 Å². The SMILES string of the molecule is COCCC(O)c1ccc(Br)cc1. The highest BCUT2D eigenvalue weighted by Crippen LogP contribution is 2.18. The van der Waals surface area contributed by atoms with E-state index < -0.39 is 6.10 Å². The summed E-state index contributed by atoms with van der Waals surface area (Å²) in [6.45, 7) is 0.581. The minimum absolute atomic E-state index is 0.423. The standard InChI is InChI=1S/C10H13BrO2/c1-13-7-6-10(12)8-2-4-9(11)5-3-8/h2-5,10,12H,6-7H2,1H3. The Bertz CT molecular complexity index is 246. The molecule has 1 N–H and O–H groups in total. The Morgan fingerprint density at radius 2 is 2.00 bits per heavy atom. The molecule has 1 unspecified atom stereocenters. The minimum atomic E-state index is -0.423. The van der Waals surface area contributed by atoms with Crippen LogP contribution in [0.2, 0.25) is 0 Å². The number of halogens is 1. The van der Waals surface area contributed by atoms with E-state index in [4.69, 9.17) is 4.74 Å². The average Bonchev–Trinajstić information content (AvgIpc) is 2.15. The van der Waals surface area contributed by atoms with E-state index >= 15 is 0 Å². The van der Waals surface area contributed by atoms with E-state index in [0.717, 1.165) is 10.0 Å². The molecule has 1 aromatic carbocycles. The zero-order valence-electron chi connectivity index (χ0n) is 7.53. The number of aliphatic hydroxyl groups is 1. The van der Waals surface area contributed by atoms with Crippen molar-refractivity contribution in [1.29, 1.82) is 0 Å². The number of aliphatic hydroxyl groups excluding tert-OH is 1. The van der Waals surface area contributed by atoms with Crippen LogP contribution in [0.15, 0.2) is 28.7 Å². The van der Waals surface area contributed by atoms with Crippen molar-refractivity contribution in [1.82, 2.24) is 0 Å². The molecule has 13 heavy (non-hydrogen) atoms. The quantitative estimate of drug-likeness (QED) is 0.883.